The van der Waals surface area contributed by atoms with Gasteiger partial charge < -0.3 is 9.84 Å². The number of carbonyl (C=O) groups is 1. The summed E-state index contributed by atoms with van der Waals surface area (Å²) < 4.78 is 7.02. The van der Waals surface area contributed by atoms with Crippen LogP contribution in [0.25, 0.3) is 17.1 Å². The number of thioether (sulfide) groups is 1. The summed E-state index contributed by atoms with van der Waals surface area (Å²) in [5, 5.41) is 23.9. The summed E-state index contributed by atoms with van der Waals surface area (Å²) in [6, 6.07) is 20.2. The maximum Gasteiger partial charge on any atom is 0.250 e. The highest BCUT2D eigenvalue weighted by atomic mass is 35.5. The molecule has 1 heterocycles. The third-order valence-electron chi connectivity index (χ3n) is 5.31. The first-order chi connectivity index (χ1) is 17.4. The smallest absolute Gasteiger partial charge is 0.250 e. The Morgan fingerprint density at radius 2 is 1.83 bits per heavy atom. The predicted octanol–water partition coefficient (Wildman–Crippen LogP) is 5.24. The number of phenols is 1. The zero-order chi connectivity index (χ0) is 25.7. The van der Waals surface area contributed by atoms with Gasteiger partial charge in [-0.05, 0) is 56.3 Å². The molecule has 1 amide bonds. The Kier molecular flexibility index (Phi) is 7.92. The number of aromatic hydroxyl groups is 1. The second kappa shape index (κ2) is 11.3. The number of ether oxygens (including phenoxy) is 1. The van der Waals surface area contributed by atoms with Crippen molar-refractivity contribution in [3.05, 3.63) is 82.9 Å². The van der Waals surface area contributed by atoms with E-state index in [-0.39, 0.29) is 17.4 Å². The van der Waals surface area contributed by atoms with Crippen molar-refractivity contribution >= 4 is 35.0 Å². The number of aromatic nitrogens is 3. The van der Waals surface area contributed by atoms with E-state index in [2.05, 4.69) is 20.7 Å². The third kappa shape index (κ3) is 5.87. The fraction of sp³-hybridized carbons (Fsp3) is 0.154. The number of hydrazone groups is 1. The molecule has 0 aliphatic rings. The number of methoxy groups -OCH3 is 1. The van der Waals surface area contributed by atoms with E-state index in [0.29, 0.717) is 33.0 Å². The largest absolute Gasteiger partial charge is 0.504 e. The number of amides is 1. The van der Waals surface area contributed by atoms with Gasteiger partial charge in [-0.1, -0.05) is 53.2 Å². The molecule has 0 saturated heterocycles. The highest BCUT2D eigenvalue weighted by Crippen LogP contribution is 2.29. The number of nitrogens with zero attached hydrogens (tertiary/aromatic N) is 4. The number of phenolic OH excluding ortho intramolecular Hbond substituents is 1. The lowest BCUT2D eigenvalue weighted by Crippen LogP contribution is -2.21. The van der Waals surface area contributed by atoms with Gasteiger partial charge in [-0.3, -0.25) is 9.36 Å². The SMILES string of the molecule is COc1cc(/C(C)=N/NC(=O)CSc2nnc(-c3ccc(C)cc3)n2-c2ccc(Cl)cc2)ccc1O. The molecule has 0 aliphatic carbocycles. The van der Waals surface area contributed by atoms with Gasteiger partial charge in [0.05, 0.1) is 18.6 Å². The van der Waals surface area contributed by atoms with Crippen LogP contribution >= 0.6 is 23.4 Å². The van der Waals surface area contributed by atoms with E-state index >= 15 is 0 Å². The molecule has 184 valence electrons. The predicted molar refractivity (Wildman–Crippen MR) is 142 cm³/mol. The minimum absolute atomic E-state index is 0.0318. The molecule has 0 atom stereocenters. The molecule has 4 aromatic rings. The number of hydrogen-bond donors (Lipinski definition) is 2. The van der Waals surface area contributed by atoms with E-state index in [1.54, 1.807) is 31.2 Å². The van der Waals surface area contributed by atoms with Crippen LogP contribution in [0, 0.1) is 6.92 Å². The molecule has 1 aromatic heterocycles. The maximum absolute atomic E-state index is 12.6. The van der Waals surface area contributed by atoms with Gasteiger partial charge in [-0.25, -0.2) is 5.43 Å². The van der Waals surface area contributed by atoms with Crippen LogP contribution < -0.4 is 10.2 Å². The molecule has 36 heavy (non-hydrogen) atoms. The van der Waals surface area contributed by atoms with Gasteiger partial charge in [0.1, 0.15) is 0 Å². The number of carbonyl (C=O) groups excluding carboxylic acids is 1. The van der Waals surface area contributed by atoms with Crippen molar-refractivity contribution in [1.82, 2.24) is 20.2 Å². The maximum atomic E-state index is 12.6. The van der Waals surface area contributed by atoms with Gasteiger partial charge in [-0.15, -0.1) is 10.2 Å². The van der Waals surface area contributed by atoms with E-state index in [1.807, 2.05) is 47.9 Å². The van der Waals surface area contributed by atoms with Crippen LogP contribution in [0.4, 0.5) is 0 Å². The van der Waals surface area contributed by atoms with Crippen LogP contribution in [0.2, 0.25) is 5.02 Å². The number of nitrogens with one attached hydrogen (secondary N) is 1. The third-order valence-corrected chi connectivity index (χ3v) is 6.49. The van der Waals surface area contributed by atoms with E-state index in [1.165, 1.54) is 24.9 Å². The molecule has 10 heteroatoms. The summed E-state index contributed by atoms with van der Waals surface area (Å²) in [5.41, 5.74) is 6.72. The lowest BCUT2D eigenvalue weighted by Gasteiger charge is -2.11. The summed E-state index contributed by atoms with van der Waals surface area (Å²) in [6.45, 7) is 3.78. The first kappa shape index (κ1) is 25.3. The number of benzene rings is 3. The Morgan fingerprint density at radius 1 is 1.11 bits per heavy atom. The molecule has 8 nitrogen and oxygen atoms in total. The number of rotatable bonds is 8. The summed E-state index contributed by atoms with van der Waals surface area (Å²) in [7, 11) is 1.47. The molecule has 0 saturated carbocycles. The van der Waals surface area contributed by atoms with Crippen LogP contribution in [-0.4, -0.2) is 44.4 Å². The quantitative estimate of drug-likeness (QED) is 0.187. The van der Waals surface area contributed by atoms with Crippen LogP contribution in [0.5, 0.6) is 11.5 Å². The van der Waals surface area contributed by atoms with E-state index in [4.69, 9.17) is 16.3 Å². The summed E-state index contributed by atoms with van der Waals surface area (Å²) in [5.74, 6) is 0.803. The van der Waals surface area contributed by atoms with Crippen molar-refractivity contribution in [2.45, 2.75) is 19.0 Å². The highest BCUT2D eigenvalue weighted by molar-refractivity contribution is 7.99. The van der Waals surface area contributed by atoms with Crippen LogP contribution in [-0.2, 0) is 4.79 Å². The van der Waals surface area contributed by atoms with Gasteiger partial charge in [0.15, 0.2) is 22.5 Å². The Hall–Kier alpha value is -3.82. The van der Waals surface area contributed by atoms with Gasteiger partial charge >= 0.3 is 0 Å². The fourth-order valence-electron chi connectivity index (χ4n) is 3.35. The molecule has 2 N–H and O–H groups in total. The second-order valence-corrected chi connectivity index (χ2v) is 9.27. The Morgan fingerprint density at radius 3 is 2.53 bits per heavy atom. The summed E-state index contributed by atoms with van der Waals surface area (Å²) in [6.07, 6.45) is 0. The molecule has 0 bridgehead atoms. The van der Waals surface area contributed by atoms with Crippen molar-refractivity contribution in [3.8, 4) is 28.6 Å². The average molecular weight is 522 g/mol. The molecule has 0 radical (unpaired) electrons. The Balaban J connectivity index is 1.51. The zero-order valence-corrected chi connectivity index (χ0v) is 21.5. The molecule has 0 unspecified atom stereocenters. The number of halogens is 1. The monoisotopic (exact) mass is 521 g/mol. The summed E-state index contributed by atoms with van der Waals surface area (Å²) in [4.78, 5) is 12.6. The molecule has 3 aromatic carbocycles. The van der Waals surface area contributed by atoms with Crippen LogP contribution in [0.3, 0.4) is 0 Å². The van der Waals surface area contributed by atoms with Crippen LogP contribution in [0.1, 0.15) is 18.1 Å². The van der Waals surface area contributed by atoms with Crippen molar-refractivity contribution in [1.29, 1.82) is 0 Å². The molecule has 4 rings (SSSR count). The number of hydrogen-bond acceptors (Lipinski definition) is 7. The first-order valence-corrected chi connectivity index (χ1v) is 12.3. The van der Waals surface area contributed by atoms with Gasteiger partial charge in [-0.2, -0.15) is 5.10 Å². The van der Waals surface area contributed by atoms with Gasteiger partial charge in [0, 0.05) is 21.8 Å². The minimum atomic E-state index is -0.298. The van der Waals surface area contributed by atoms with Gasteiger partial charge in [0.2, 0.25) is 0 Å². The number of aryl methyl sites for hydroxylation is 1. The lowest BCUT2D eigenvalue weighted by molar-refractivity contribution is -0.118. The molecule has 0 aliphatic heterocycles. The topological polar surface area (TPSA) is 102 Å². The molecule has 0 spiro atoms. The van der Waals surface area contributed by atoms with Crippen molar-refractivity contribution in [2.75, 3.05) is 12.9 Å². The van der Waals surface area contributed by atoms with Crippen LogP contribution in [0.15, 0.2) is 77.0 Å². The van der Waals surface area contributed by atoms with Crippen molar-refractivity contribution < 1.29 is 14.6 Å². The lowest BCUT2D eigenvalue weighted by atomic mass is 10.1. The fourth-order valence-corrected chi connectivity index (χ4v) is 4.22. The molecule has 0 fully saturated rings. The first-order valence-electron chi connectivity index (χ1n) is 11.0. The Labute approximate surface area is 218 Å². The normalized spacial score (nSPS) is 11.4. The van der Waals surface area contributed by atoms with Crippen molar-refractivity contribution in [3.63, 3.8) is 0 Å². The standard InChI is InChI=1S/C26H24ClN5O3S/c1-16-4-6-18(7-5-16)25-30-31-26(32(25)21-11-9-20(27)10-12-21)36-15-24(34)29-28-17(2)19-8-13-22(33)23(14-19)35-3/h4-14,33H,15H2,1-3H3,(H,29,34)/b28-17+. The highest BCUT2D eigenvalue weighted by Gasteiger charge is 2.17. The Bertz CT molecular complexity index is 1400. The van der Waals surface area contributed by atoms with E-state index < -0.39 is 0 Å². The average Bonchev–Trinajstić information content (AvgIpc) is 3.31. The van der Waals surface area contributed by atoms with Crippen molar-refractivity contribution in [2.24, 2.45) is 5.10 Å². The van der Waals surface area contributed by atoms with E-state index in [0.717, 1.165) is 16.8 Å². The van der Waals surface area contributed by atoms with E-state index in [9.17, 15) is 9.90 Å². The minimum Gasteiger partial charge on any atom is -0.504 e. The second-order valence-electron chi connectivity index (χ2n) is 7.89. The molecular weight excluding hydrogens is 498 g/mol. The summed E-state index contributed by atoms with van der Waals surface area (Å²) >= 11 is 7.34. The molecular formula is C26H24ClN5O3S. The zero-order valence-electron chi connectivity index (χ0n) is 19.9. The van der Waals surface area contributed by atoms with Gasteiger partial charge in [0.25, 0.3) is 5.91 Å².